The van der Waals surface area contributed by atoms with Crippen molar-refractivity contribution in [3.63, 3.8) is 0 Å². The van der Waals surface area contributed by atoms with Crippen LogP contribution in [-0.4, -0.2) is 43.9 Å². The number of carbonyl (C=O) groups is 3. The summed E-state index contributed by atoms with van der Waals surface area (Å²) in [7, 11) is 0. The molecule has 2 atom stereocenters. The van der Waals surface area contributed by atoms with Crippen LogP contribution in [0.4, 0.5) is 0 Å². The molecule has 0 saturated carbocycles. The Bertz CT molecular complexity index is 653. The van der Waals surface area contributed by atoms with Gasteiger partial charge in [0.15, 0.2) is 5.60 Å². The maximum absolute atomic E-state index is 12.9. The van der Waals surface area contributed by atoms with Crippen molar-refractivity contribution < 1.29 is 34.8 Å². The molecule has 0 aromatic carbocycles. The second-order valence-corrected chi connectivity index (χ2v) is 12.4. The van der Waals surface area contributed by atoms with E-state index in [1.165, 1.54) is 0 Å². The zero-order valence-corrected chi connectivity index (χ0v) is 24.4. The molecular formula is C30H56O7. The van der Waals surface area contributed by atoms with Gasteiger partial charge in [0.1, 0.15) is 5.41 Å². The minimum atomic E-state index is -2.89. The average Bonchev–Trinajstić information content (AvgIpc) is 2.77. The summed E-state index contributed by atoms with van der Waals surface area (Å²) in [5, 5.41) is 42.6. The molecule has 0 aliphatic rings. The lowest BCUT2D eigenvalue weighted by Crippen LogP contribution is -2.64. The van der Waals surface area contributed by atoms with Crippen molar-refractivity contribution in [3.8, 4) is 0 Å². The maximum Gasteiger partial charge on any atom is 0.337 e. The molecule has 0 bridgehead atoms. The van der Waals surface area contributed by atoms with E-state index < -0.39 is 34.8 Å². The highest BCUT2D eigenvalue weighted by Gasteiger charge is 2.65. The van der Waals surface area contributed by atoms with Gasteiger partial charge in [0.25, 0.3) is 0 Å². The summed E-state index contributed by atoms with van der Waals surface area (Å²) in [6.45, 7) is 12.7. The molecule has 0 spiro atoms. The van der Waals surface area contributed by atoms with Gasteiger partial charge in [-0.15, -0.1) is 0 Å². The van der Waals surface area contributed by atoms with Crippen LogP contribution in [0.1, 0.15) is 138 Å². The third-order valence-electron chi connectivity index (χ3n) is 7.81. The van der Waals surface area contributed by atoms with Crippen LogP contribution in [0.25, 0.3) is 0 Å². The second kappa shape index (κ2) is 17.8. The van der Waals surface area contributed by atoms with Gasteiger partial charge in [-0.25, -0.2) is 4.79 Å². The fourth-order valence-corrected chi connectivity index (χ4v) is 5.47. The van der Waals surface area contributed by atoms with Crippen LogP contribution in [0.2, 0.25) is 0 Å². The smallest absolute Gasteiger partial charge is 0.337 e. The first-order valence-electron chi connectivity index (χ1n) is 14.6. The summed E-state index contributed by atoms with van der Waals surface area (Å²) in [6.07, 6.45) is 8.84. The molecule has 0 radical (unpaired) electrons. The molecule has 4 N–H and O–H groups in total. The van der Waals surface area contributed by atoms with Gasteiger partial charge in [-0.05, 0) is 37.0 Å². The van der Waals surface area contributed by atoms with E-state index in [1.54, 1.807) is 0 Å². The quantitative estimate of drug-likeness (QED) is 0.102. The van der Waals surface area contributed by atoms with Gasteiger partial charge in [-0.2, -0.15) is 0 Å². The predicted octanol–water partition coefficient (Wildman–Crippen LogP) is 7.39. The number of hydrogen-bond acceptors (Lipinski definition) is 4. The fourth-order valence-electron chi connectivity index (χ4n) is 5.47. The third-order valence-corrected chi connectivity index (χ3v) is 7.81. The van der Waals surface area contributed by atoms with E-state index in [0.717, 1.165) is 38.5 Å². The van der Waals surface area contributed by atoms with Gasteiger partial charge >= 0.3 is 17.9 Å². The molecule has 0 aliphatic heterocycles. The summed E-state index contributed by atoms with van der Waals surface area (Å²) in [6, 6.07) is 0. The van der Waals surface area contributed by atoms with Crippen LogP contribution in [-0.2, 0) is 14.4 Å². The number of carboxylic acid groups (broad SMARTS) is 3. The lowest BCUT2D eigenvalue weighted by atomic mass is 9.59. The van der Waals surface area contributed by atoms with Crippen molar-refractivity contribution in [1.29, 1.82) is 0 Å². The van der Waals surface area contributed by atoms with Gasteiger partial charge in [0, 0.05) is 0 Å². The molecule has 37 heavy (non-hydrogen) atoms. The number of aliphatic carboxylic acids is 3. The molecule has 0 amide bonds. The molecule has 7 nitrogen and oxygen atoms in total. The van der Waals surface area contributed by atoms with E-state index >= 15 is 0 Å². The van der Waals surface area contributed by atoms with Gasteiger partial charge in [-0.3, -0.25) is 9.59 Å². The summed E-state index contributed by atoms with van der Waals surface area (Å²) in [5.74, 6) is -4.76. The first-order chi connectivity index (χ1) is 17.2. The number of rotatable bonds is 23. The van der Waals surface area contributed by atoms with Gasteiger partial charge in [0.05, 0.1) is 5.92 Å². The first-order valence-corrected chi connectivity index (χ1v) is 14.6. The summed E-state index contributed by atoms with van der Waals surface area (Å²) < 4.78 is 0. The van der Waals surface area contributed by atoms with Crippen molar-refractivity contribution in [3.05, 3.63) is 0 Å². The summed E-state index contributed by atoms with van der Waals surface area (Å²) in [4.78, 5) is 37.9. The zero-order valence-electron chi connectivity index (χ0n) is 24.4. The van der Waals surface area contributed by atoms with E-state index in [-0.39, 0.29) is 19.3 Å². The van der Waals surface area contributed by atoms with E-state index in [1.807, 2.05) is 0 Å². The number of unbranched alkanes of at least 4 members (excludes halogenated alkanes) is 6. The Morgan fingerprint density at radius 1 is 0.541 bits per heavy atom. The van der Waals surface area contributed by atoms with Crippen LogP contribution >= 0.6 is 0 Å². The topological polar surface area (TPSA) is 132 Å². The Balaban J connectivity index is 6.06. The highest BCUT2D eigenvalue weighted by Crippen LogP contribution is 2.48. The lowest BCUT2D eigenvalue weighted by molar-refractivity contribution is -0.207. The van der Waals surface area contributed by atoms with Crippen LogP contribution in [0.5, 0.6) is 0 Å². The molecule has 0 rings (SSSR count). The minimum Gasteiger partial charge on any atom is -0.481 e. The number of hydrogen-bond donors (Lipinski definition) is 4. The fraction of sp³-hybridized carbons (Fsp3) is 0.900. The van der Waals surface area contributed by atoms with Crippen molar-refractivity contribution >= 4 is 17.9 Å². The van der Waals surface area contributed by atoms with Gasteiger partial charge in [0.2, 0.25) is 0 Å². The molecule has 7 heteroatoms. The Morgan fingerprint density at radius 2 is 0.892 bits per heavy atom. The Labute approximate surface area is 225 Å². The van der Waals surface area contributed by atoms with Gasteiger partial charge in [-0.1, -0.05) is 119 Å². The van der Waals surface area contributed by atoms with Crippen molar-refractivity contribution in [2.24, 2.45) is 29.1 Å². The Morgan fingerprint density at radius 3 is 1.19 bits per heavy atom. The molecule has 0 aromatic heterocycles. The Hall–Kier alpha value is -1.63. The molecule has 218 valence electrons. The number of aliphatic hydroxyl groups is 1. The molecule has 0 aromatic rings. The number of carboxylic acids is 3. The normalized spacial score (nSPS) is 14.8. The molecular weight excluding hydrogens is 472 g/mol. The van der Waals surface area contributed by atoms with E-state index in [2.05, 4.69) is 41.5 Å². The molecule has 0 fully saturated rings. The lowest BCUT2D eigenvalue weighted by Gasteiger charge is -2.45. The molecule has 0 heterocycles. The predicted molar refractivity (Wildman–Crippen MR) is 148 cm³/mol. The van der Waals surface area contributed by atoms with Crippen LogP contribution in [0.15, 0.2) is 0 Å². The van der Waals surface area contributed by atoms with Gasteiger partial charge < -0.3 is 20.4 Å². The SMILES string of the molecule is CC(C)CCCCCC(C(=O)O)C(O)(C(=O)O)C(CCCCCC(C)C)(CCCCCC(C)C)C(=O)O. The van der Waals surface area contributed by atoms with Crippen molar-refractivity contribution in [1.82, 2.24) is 0 Å². The van der Waals surface area contributed by atoms with E-state index in [9.17, 15) is 34.8 Å². The standard InChI is InChI=1S/C30H56O7/c1-22(2)16-10-7-13-19-25(26(31)32)30(37,28(35)36)29(27(33)34,20-14-8-11-17-23(3)4)21-15-9-12-18-24(5)6/h22-25,37H,7-21H2,1-6H3,(H,31,32)(H,33,34)(H,35,36). The zero-order chi connectivity index (χ0) is 28.6. The molecule has 0 aliphatic carbocycles. The van der Waals surface area contributed by atoms with Crippen molar-refractivity contribution in [2.75, 3.05) is 0 Å². The summed E-state index contributed by atoms with van der Waals surface area (Å²) >= 11 is 0. The largest absolute Gasteiger partial charge is 0.481 e. The third kappa shape index (κ3) is 11.7. The minimum absolute atomic E-state index is 0.0511. The average molecular weight is 529 g/mol. The van der Waals surface area contributed by atoms with Crippen molar-refractivity contribution in [2.45, 2.75) is 143 Å². The second-order valence-electron chi connectivity index (χ2n) is 12.4. The molecule has 2 unspecified atom stereocenters. The highest BCUT2D eigenvalue weighted by molar-refractivity contribution is 5.93. The maximum atomic E-state index is 12.9. The van der Waals surface area contributed by atoms with Crippen LogP contribution < -0.4 is 0 Å². The van der Waals surface area contributed by atoms with Crippen LogP contribution in [0, 0.1) is 29.1 Å². The monoisotopic (exact) mass is 528 g/mol. The summed E-state index contributed by atoms with van der Waals surface area (Å²) in [5.41, 5.74) is -4.95. The Kier molecular flexibility index (Phi) is 17.0. The van der Waals surface area contributed by atoms with E-state index in [4.69, 9.17) is 0 Å². The first kappa shape index (κ1) is 35.4. The van der Waals surface area contributed by atoms with Crippen LogP contribution in [0.3, 0.4) is 0 Å². The molecule has 0 saturated heterocycles. The highest BCUT2D eigenvalue weighted by atomic mass is 16.4. The van der Waals surface area contributed by atoms with E-state index in [0.29, 0.717) is 56.3 Å².